The zero-order valence-corrected chi connectivity index (χ0v) is 8.25. The van der Waals surface area contributed by atoms with E-state index in [1.54, 1.807) is 0 Å². The molecule has 14 heavy (non-hydrogen) atoms. The highest BCUT2D eigenvalue weighted by molar-refractivity contribution is 5.40. The van der Waals surface area contributed by atoms with Gasteiger partial charge in [-0.25, -0.2) is 0 Å². The summed E-state index contributed by atoms with van der Waals surface area (Å²) in [6.45, 7) is 2.05. The summed E-state index contributed by atoms with van der Waals surface area (Å²) in [5.74, 6) is 1.10. The summed E-state index contributed by atoms with van der Waals surface area (Å²) in [4.78, 5) is 0. The van der Waals surface area contributed by atoms with E-state index in [-0.39, 0.29) is 0 Å². The Bertz CT molecular complexity index is 344. The maximum absolute atomic E-state index is 5.59. The highest BCUT2D eigenvalue weighted by atomic mass is 16.5. The van der Waals surface area contributed by atoms with Crippen molar-refractivity contribution >= 4 is 0 Å². The lowest BCUT2D eigenvalue weighted by atomic mass is 9.94. The fourth-order valence-corrected chi connectivity index (χ4v) is 2.17. The minimum absolute atomic E-state index is 0.599. The summed E-state index contributed by atoms with van der Waals surface area (Å²) < 4.78 is 5.59. The number of hydrogen-bond donors (Lipinski definition) is 1. The molecule has 0 unspecified atom stereocenters. The first kappa shape index (κ1) is 8.30. The lowest BCUT2D eigenvalue weighted by Gasteiger charge is -2.29. The summed E-state index contributed by atoms with van der Waals surface area (Å²) in [5, 5.41) is 3.43. The first-order valence-corrected chi connectivity index (χ1v) is 5.42. The third-order valence-electron chi connectivity index (χ3n) is 3.16. The van der Waals surface area contributed by atoms with Crippen molar-refractivity contribution in [1.29, 1.82) is 0 Å². The van der Waals surface area contributed by atoms with Crippen molar-refractivity contribution < 1.29 is 4.74 Å². The SMILES string of the molecule is c1cc2c(cc1[C@@H]1CCN1)CCCO2. The van der Waals surface area contributed by atoms with Crippen LogP contribution in [0.4, 0.5) is 0 Å². The number of fused-ring (bicyclic) bond motifs is 1. The fraction of sp³-hybridized carbons (Fsp3) is 0.500. The molecule has 2 nitrogen and oxygen atoms in total. The molecule has 1 saturated heterocycles. The first-order chi connectivity index (χ1) is 6.93. The molecule has 1 N–H and O–H groups in total. The summed E-state index contributed by atoms with van der Waals surface area (Å²) in [7, 11) is 0. The number of ether oxygens (including phenoxy) is 1. The molecular weight excluding hydrogens is 174 g/mol. The van der Waals surface area contributed by atoms with E-state index in [2.05, 4.69) is 23.5 Å². The Morgan fingerprint density at radius 1 is 1.36 bits per heavy atom. The minimum atomic E-state index is 0.599. The van der Waals surface area contributed by atoms with Crippen LogP contribution in [0.5, 0.6) is 5.75 Å². The van der Waals surface area contributed by atoms with Crippen molar-refractivity contribution in [2.24, 2.45) is 0 Å². The second-order valence-corrected chi connectivity index (χ2v) is 4.11. The highest BCUT2D eigenvalue weighted by Gasteiger charge is 2.20. The van der Waals surface area contributed by atoms with Crippen molar-refractivity contribution in [2.45, 2.75) is 25.3 Å². The molecule has 0 saturated carbocycles. The largest absolute Gasteiger partial charge is 0.493 e. The van der Waals surface area contributed by atoms with Crippen molar-refractivity contribution in [1.82, 2.24) is 5.32 Å². The Balaban J connectivity index is 1.92. The Labute approximate surface area is 84.3 Å². The number of hydrogen-bond acceptors (Lipinski definition) is 2. The Morgan fingerprint density at radius 3 is 3.07 bits per heavy atom. The quantitative estimate of drug-likeness (QED) is 0.730. The fourth-order valence-electron chi connectivity index (χ4n) is 2.17. The number of rotatable bonds is 1. The molecule has 1 fully saturated rings. The zero-order chi connectivity index (χ0) is 9.38. The molecular formula is C12H15NO. The molecule has 0 amide bonds. The van der Waals surface area contributed by atoms with Gasteiger partial charge in [0.25, 0.3) is 0 Å². The first-order valence-electron chi connectivity index (χ1n) is 5.42. The van der Waals surface area contributed by atoms with E-state index in [0.29, 0.717) is 6.04 Å². The maximum Gasteiger partial charge on any atom is 0.122 e. The van der Waals surface area contributed by atoms with E-state index in [9.17, 15) is 0 Å². The molecule has 3 rings (SSSR count). The van der Waals surface area contributed by atoms with Gasteiger partial charge in [-0.1, -0.05) is 12.1 Å². The van der Waals surface area contributed by atoms with Gasteiger partial charge in [-0.15, -0.1) is 0 Å². The van der Waals surface area contributed by atoms with Crippen molar-refractivity contribution in [3.05, 3.63) is 29.3 Å². The lowest BCUT2D eigenvalue weighted by molar-refractivity contribution is 0.287. The van der Waals surface area contributed by atoms with Crippen LogP contribution < -0.4 is 10.1 Å². The predicted octanol–water partition coefficient (Wildman–Crippen LogP) is 2.05. The van der Waals surface area contributed by atoms with Crippen molar-refractivity contribution in [3.8, 4) is 5.75 Å². The van der Waals surface area contributed by atoms with Gasteiger partial charge in [0.15, 0.2) is 0 Å². The van der Waals surface area contributed by atoms with Crippen LogP contribution in [0.3, 0.4) is 0 Å². The van der Waals surface area contributed by atoms with Crippen LogP contribution in [0.25, 0.3) is 0 Å². The molecule has 0 aromatic heterocycles. The smallest absolute Gasteiger partial charge is 0.122 e. The van der Waals surface area contributed by atoms with E-state index in [1.165, 1.54) is 24.0 Å². The van der Waals surface area contributed by atoms with Crippen LogP contribution in [-0.4, -0.2) is 13.2 Å². The lowest BCUT2D eigenvalue weighted by Crippen LogP contribution is -2.35. The highest BCUT2D eigenvalue weighted by Crippen LogP contribution is 2.30. The average molecular weight is 189 g/mol. The van der Waals surface area contributed by atoms with Gasteiger partial charge in [0.1, 0.15) is 5.75 Å². The van der Waals surface area contributed by atoms with Gasteiger partial charge in [0, 0.05) is 6.04 Å². The predicted molar refractivity (Wildman–Crippen MR) is 55.6 cm³/mol. The summed E-state index contributed by atoms with van der Waals surface area (Å²) in [6, 6.07) is 7.23. The molecule has 0 radical (unpaired) electrons. The van der Waals surface area contributed by atoms with E-state index >= 15 is 0 Å². The normalized spacial score (nSPS) is 24.7. The van der Waals surface area contributed by atoms with Crippen molar-refractivity contribution in [3.63, 3.8) is 0 Å². The van der Waals surface area contributed by atoms with Crippen LogP contribution in [0.1, 0.15) is 30.0 Å². The number of benzene rings is 1. The van der Waals surface area contributed by atoms with Crippen LogP contribution >= 0.6 is 0 Å². The Hall–Kier alpha value is -1.02. The van der Waals surface area contributed by atoms with Gasteiger partial charge < -0.3 is 10.1 Å². The van der Waals surface area contributed by atoms with Gasteiger partial charge in [-0.05, 0) is 43.0 Å². The maximum atomic E-state index is 5.59. The molecule has 1 aromatic rings. The van der Waals surface area contributed by atoms with Gasteiger partial charge in [0.2, 0.25) is 0 Å². The third-order valence-corrected chi connectivity index (χ3v) is 3.16. The zero-order valence-electron chi connectivity index (χ0n) is 8.25. The van der Waals surface area contributed by atoms with Crippen LogP contribution in [0.15, 0.2) is 18.2 Å². The van der Waals surface area contributed by atoms with E-state index in [1.807, 2.05) is 0 Å². The second-order valence-electron chi connectivity index (χ2n) is 4.11. The molecule has 2 aliphatic heterocycles. The third kappa shape index (κ3) is 1.30. The monoisotopic (exact) mass is 189 g/mol. The molecule has 0 aliphatic carbocycles. The van der Waals surface area contributed by atoms with Gasteiger partial charge in [0.05, 0.1) is 6.61 Å². The van der Waals surface area contributed by atoms with E-state index in [0.717, 1.165) is 25.3 Å². The molecule has 74 valence electrons. The van der Waals surface area contributed by atoms with E-state index < -0.39 is 0 Å². The second kappa shape index (κ2) is 3.28. The minimum Gasteiger partial charge on any atom is -0.493 e. The Morgan fingerprint density at radius 2 is 2.29 bits per heavy atom. The number of nitrogens with one attached hydrogen (secondary N) is 1. The van der Waals surface area contributed by atoms with Crippen molar-refractivity contribution in [2.75, 3.05) is 13.2 Å². The molecule has 0 spiro atoms. The molecule has 1 atom stereocenters. The Kier molecular flexibility index (Phi) is 1.95. The summed E-state index contributed by atoms with van der Waals surface area (Å²) in [6.07, 6.45) is 3.62. The molecule has 0 bridgehead atoms. The van der Waals surface area contributed by atoms with Gasteiger partial charge in [-0.3, -0.25) is 0 Å². The molecule has 2 heterocycles. The van der Waals surface area contributed by atoms with E-state index in [4.69, 9.17) is 4.74 Å². The van der Waals surface area contributed by atoms with Crippen LogP contribution in [0, 0.1) is 0 Å². The average Bonchev–Trinajstić information content (AvgIpc) is 2.15. The molecule has 2 aliphatic rings. The van der Waals surface area contributed by atoms with Crippen LogP contribution in [0.2, 0.25) is 0 Å². The molecule has 2 heteroatoms. The standard InChI is InChI=1S/C12H15NO/c1-2-10-8-9(11-5-6-13-11)3-4-12(10)14-7-1/h3-4,8,11,13H,1-2,5-7H2/t11-/m0/s1. The summed E-state index contributed by atoms with van der Waals surface area (Å²) >= 11 is 0. The summed E-state index contributed by atoms with van der Waals surface area (Å²) in [5.41, 5.74) is 2.82. The molecule has 1 aromatic carbocycles. The number of aryl methyl sites for hydroxylation is 1. The van der Waals surface area contributed by atoms with Crippen LogP contribution in [-0.2, 0) is 6.42 Å². The van der Waals surface area contributed by atoms with Gasteiger partial charge in [-0.2, -0.15) is 0 Å². The van der Waals surface area contributed by atoms with Gasteiger partial charge >= 0.3 is 0 Å². The topological polar surface area (TPSA) is 21.3 Å².